The normalized spacial score (nSPS) is 10.5. The third-order valence-electron chi connectivity index (χ3n) is 2.31. The first kappa shape index (κ1) is 14.0. The molecule has 6 nitrogen and oxygen atoms in total. The molecule has 19 heavy (non-hydrogen) atoms. The second kappa shape index (κ2) is 5.70. The minimum Gasteiger partial charge on any atom is -0.461 e. The number of carbonyl (C=O) groups excluding carboxylic acids is 1. The van der Waals surface area contributed by atoms with Crippen LogP contribution in [0.3, 0.4) is 0 Å². The molecule has 0 amide bonds. The molecule has 0 atom stereocenters. The molecule has 0 aliphatic rings. The Morgan fingerprint density at radius 1 is 1.63 bits per heavy atom. The van der Waals surface area contributed by atoms with E-state index in [1.54, 1.807) is 11.6 Å². The number of hydrogen-bond donors (Lipinski definition) is 1. The highest BCUT2D eigenvalue weighted by Gasteiger charge is 2.20. The second-order valence-electron chi connectivity index (χ2n) is 3.82. The smallest absolute Gasteiger partial charge is 0.360 e. The van der Waals surface area contributed by atoms with Gasteiger partial charge in [-0.05, 0) is 29.8 Å². The average molecular weight is 345 g/mol. The Morgan fingerprint density at radius 2 is 2.37 bits per heavy atom. The highest BCUT2D eigenvalue weighted by Crippen LogP contribution is 2.32. The van der Waals surface area contributed by atoms with Crippen LogP contribution >= 0.6 is 27.3 Å². The molecule has 0 aliphatic heterocycles. The van der Waals surface area contributed by atoms with E-state index in [0.29, 0.717) is 21.3 Å². The van der Waals surface area contributed by atoms with Gasteiger partial charge in [0.05, 0.1) is 6.61 Å². The maximum absolute atomic E-state index is 11.8. The predicted octanol–water partition coefficient (Wildman–Crippen LogP) is 2.87. The third-order valence-corrected chi connectivity index (χ3v) is 3.74. The largest absolute Gasteiger partial charge is 0.461 e. The number of aromatic nitrogens is 3. The van der Waals surface area contributed by atoms with Crippen LogP contribution in [0.1, 0.15) is 23.0 Å². The highest BCUT2D eigenvalue weighted by atomic mass is 79.9. The van der Waals surface area contributed by atoms with Gasteiger partial charge >= 0.3 is 5.97 Å². The molecule has 2 aromatic rings. The Hall–Kier alpha value is -1.41. The number of halogens is 1. The summed E-state index contributed by atoms with van der Waals surface area (Å²) in [4.78, 5) is 15.9. The molecule has 1 N–H and O–H groups in total. The zero-order valence-electron chi connectivity index (χ0n) is 10.7. The van der Waals surface area contributed by atoms with E-state index < -0.39 is 5.97 Å². The number of esters is 1. The van der Waals surface area contributed by atoms with E-state index in [4.69, 9.17) is 4.74 Å². The number of anilines is 2. The Balaban J connectivity index is 2.30. The van der Waals surface area contributed by atoms with Crippen molar-refractivity contribution in [3.05, 3.63) is 21.4 Å². The van der Waals surface area contributed by atoms with Gasteiger partial charge in [0.1, 0.15) is 5.00 Å². The van der Waals surface area contributed by atoms with Gasteiger partial charge in [-0.1, -0.05) is 11.3 Å². The van der Waals surface area contributed by atoms with Crippen LogP contribution in [0.5, 0.6) is 0 Å². The summed E-state index contributed by atoms with van der Waals surface area (Å²) >= 11 is 4.60. The molecular formula is C11H13BrN4O2S. The Morgan fingerprint density at radius 3 is 2.95 bits per heavy atom. The molecule has 0 spiro atoms. The predicted molar refractivity (Wildman–Crippen MR) is 77.0 cm³/mol. The quantitative estimate of drug-likeness (QED) is 0.863. The van der Waals surface area contributed by atoms with E-state index in [1.165, 1.54) is 11.3 Å². The first-order valence-corrected chi connectivity index (χ1v) is 7.23. The number of nitrogens with zero attached hydrogens (tertiary/aromatic N) is 3. The number of rotatable bonds is 4. The third kappa shape index (κ3) is 3.13. The molecule has 0 aliphatic carbocycles. The lowest BCUT2D eigenvalue weighted by Gasteiger charge is -2.03. The van der Waals surface area contributed by atoms with Crippen molar-refractivity contribution in [1.29, 1.82) is 0 Å². The molecule has 2 heterocycles. The number of aryl methyl sites for hydroxylation is 2. The Bertz CT molecular complexity index is 608. The molecule has 0 bridgehead atoms. The van der Waals surface area contributed by atoms with E-state index in [-0.39, 0.29) is 5.69 Å². The first-order valence-electron chi connectivity index (χ1n) is 5.62. The lowest BCUT2D eigenvalue weighted by molar-refractivity contribution is 0.0521. The Labute approximate surface area is 122 Å². The van der Waals surface area contributed by atoms with Gasteiger partial charge in [-0.15, -0.1) is 0 Å². The molecule has 0 fully saturated rings. The summed E-state index contributed by atoms with van der Waals surface area (Å²) in [6.45, 7) is 4.01. The molecule has 0 aromatic carbocycles. The van der Waals surface area contributed by atoms with Crippen molar-refractivity contribution in [3.63, 3.8) is 0 Å². The van der Waals surface area contributed by atoms with Gasteiger partial charge in [0, 0.05) is 18.8 Å². The summed E-state index contributed by atoms with van der Waals surface area (Å²) in [5.41, 5.74) is 1.26. The molecule has 2 rings (SSSR count). The molecule has 102 valence electrons. The summed E-state index contributed by atoms with van der Waals surface area (Å²) in [5.74, 6) is 0.254. The summed E-state index contributed by atoms with van der Waals surface area (Å²) in [7, 11) is 1.84. The topological polar surface area (TPSA) is 69.0 Å². The number of hydrogen-bond acceptors (Lipinski definition) is 6. The Kier molecular flexibility index (Phi) is 4.20. The lowest BCUT2D eigenvalue weighted by Crippen LogP contribution is -2.07. The molecular weight excluding hydrogens is 332 g/mol. The SMILES string of the molecule is CCOC(=O)c1nc(Br)sc1Nc1nn(C)cc1C. The van der Waals surface area contributed by atoms with Crippen LogP contribution in [0.2, 0.25) is 0 Å². The van der Waals surface area contributed by atoms with Gasteiger partial charge in [-0.3, -0.25) is 4.68 Å². The molecule has 8 heteroatoms. The van der Waals surface area contributed by atoms with E-state index >= 15 is 0 Å². The fourth-order valence-corrected chi connectivity index (χ4v) is 2.90. The van der Waals surface area contributed by atoms with Gasteiger partial charge < -0.3 is 10.1 Å². The minimum atomic E-state index is -0.444. The van der Waals surface area contributed by atoms with Crippen LogP contribution in [-0.2, 0) is 11.8 Å². The van der Waals surface area contributed by atoms with Crippen molar-refractivity contribution in [2.24, 2.45) is 7.05 Å². The van der Waals surface area contributed by atoms with Crippen molar-refractivity contribution in [3.8, 4) is 0 Å². The number of carbonyl (C=O) groups is 1. The van der Waals surface area contributed by atoms with Crippen molar-refractivity contribution in [2.75, 3.05) is 11.9 Å². The van der Waals surface area contributed by atoms with Crippen LogP contribution in [0.25, 0.3) is 0 Å². The monoisotopic (exact) mass is 344 g/mol. The van der Waals surface area contributed by atoms with E-state index in [1.807, 2.05) is 20.2 Å². The number of ether oxygens (including phenoxy) is 1. The summed E-state index contributed by atoms with van der Waals surface area (Å²) in [6, 6.07) is 0. The highest BCUT2D eigenvalue weighted by molar-refractivity contribution is 9.11. The molecule has 2 aromatic heterocycles. The van der Waals surface area contributed by atoms with Crippen LogP contribution in [0, 0.1) is 6.92 Å². The molecule has 0 saturated heterocycles. The van der Waals surface area contributed by atoms with Crippen LogP contribution in [0.15, 0.2) is 10.1 Å². The minimum absolute atomic E-state index is 0.267. The fraction of sp³-hybridized carbons (Fsp3) is 0.364. The zero-order valence-corrected chi connectivity index (χ0v) is 13.1. The van der Waals surface area contributed by atoms with Crippen LogP contribution in [-0.4, -0.2) is 27.3 Å². The standard InChI is InChI=1S/C11H13BrN4O2S/c1-4-18-10(17)7-9(19-11(12)13-7)14-8-6(2)5-16(3)15-8/h5H,4H2,1-3H3,(H,14,15). The maximum atomic E-state index is 11.8. The second-order valence-corrected chi connectivity index (χ2v) is 6.10. The number of thiazole rings is 1. The van der Waals surface area contributed by atoms with E-state index in [2.05, 4.69) is 31.3 Å². The number of nitrogens with one attached hydrogen (secondary N) is 1. The summed E-state index contributed by atoms with van der Waals surface area (Å²) in [5, 5.41) is 8.01. The van der Waals surface area contributed by atoms with Crippen molar-refractivity contribution in [1.82, 2.24) is 14.8 Å². The fourth-order valence-electron chi connectivity index (χ4n) is 1.55. The molecule has 0 unspecified atom stereocenters. The van der Waals surface area contributed by atoms with E-state index in [0.717, 1.165) is 5.56 Å². The maximum Gasteiger partial charge on any atom is 0.360 e. The molecule has 0 saturated carbocycles. The van der Waals surface area contributed by atoms with Crippen LogP contribution in [0.4, 0.5) is 10.8 Å². The van der Waals surface area contributed by atoms with Gasteiger partial charge in [0.25, 0.3) is 0 Å². The molecule has 0 radical (unpaired) electrons. The van der Waals surface area contributed by atoms with Crippen LogP contribution < -0.4 is 5.32 Å². The zero-order chi connectivity index (χ0) is 14.0. The van der Waals surface area contributed by atoms with Crippen molar-refractivity contribution >= 4 is 44.1 Å². The van der Waals surface area contributed by atoms with Gasteiger partial charge in [0.15, 0.2) is 15.4 Å². The van der Waals surface area contributed by atoms with Gasteiger partial charge in [0.2, 0.25) is 0 Å². The summed E-state index contributed by atoms with van der Waals surface area (Å²) in [6.07, 6.45) is 1.89. The van der Waals surface area contributed by atoms with E-state index in [9.17, 15) is 4.79 Å². The van der Waals surface area contributed by atoms with Crippen molar-refractivity contribution in [2.45, 2.75) is 13.8 Å². The van der Waals surface area contributed by atoms with Crippen molar-refractivity contribution < 1.29 is 9.53 Å². The van der Waals surface area contributed by atoms with Gasteiger partial charge in [-0.2, -0.15) is 5.10 Å². The first-order chi connectivity index (χ1) is 9.01. The lowest BCUT2D eigenvalue weighted by atomic mass is 10.3. The average Bonchev–Trinajstić information content (AvgIpc) is 2.83. The van der Waals surface area contributed by atoms with Gasteiger partial charge in [-0.25, -0.2) is 9.78 Å². The summed E-state index contributed by atoms with van der Waals surface area (Å²) < 4.78 is 7.30.